The molecule has 1 aliphatic heterocycles. The summed E-state index contributed by atoms with van der Waals surface area (Å²) in [6.07, 6.45) is 3.84. The van der Waals surface area contributed by atoms with Gasteiger partial charge in [-0.15, -0.1) is 0 Å². The zero-order chi connectivity index (χ0) is 21.5. The van der Waals surface area contributed by atoms with E-state index in [4.69, 9.17) is 0 Å². The SMILES string of the molecule is C[C@@H]1CC(C)(C)C[C@@]2(C1)NC(=O)N(CC(=O)Nc1cccc(-c3ccn[nH]3)c1)C2=O. The number of imide groups is 1. The molecule has 1 aliphatic carbocycles. The fourth-order valence-corrected chi connectivity index (χ4v) is 5.17. The quantitative estimate of drug-likeness (QED) is 0.674. The highest BCUT2D eigenvalue weighted by Crippen LogP contribution is 2.46. The predicted octanol–water partition coefficient (Wildman–Crippen LogP) is 3.15. The number of amides is 4. The maximum absolute atomic E-state index is 13.2. The predicted molar refractivity (Wildman–Crippen MR) is 112 cm³/mol. The molecule has 30 heavy (non-hydrogen) atoms. The average Bonchev–Trinajstić information content (AvgIpc) is 3.24. The van der Waals surface area contributed by atoms with Crippen LogP contribution in [-0.4, -0.2) is 45.0 Å². The second-order valence-corrected chi connectivity index (χ2v) is 9.36. The van der Waals surface area contributed by atoms with Crippen LogP contribution in [0.15, 0.2) is 36.5 Å². The van der Waals surface area contributed by atoms with Crippen molar-refractivity contribution in [3.8, 4) is 11.3 Å². The van der Waals surface area contributed by atoms with Gasteiger partial charge in [0.1, 0.15) is 12.1 Å². The first-order valence-electron chi connectivity index (χ1n) is 10.2. The second kappa shape index (κ2) is 7.27. The maximum Gasteiger partial charge on any atom is 0.325 e. The molecule has 1 aromatic heterocycles. The van der Waals surface area contributed by atoms with Crippen molar-refractivity contribution in [2.45, 2.75) is 45.6 Å². The third-order valence-corrected chi connectivity index (χ3v) is 5.88. The number of carbonyl (C=O) groups is 3. The zero-order valence-electron chi connectivity index (χ0n) is 17.5. The van der Waals surface area contributed by atoms with E-state index >= 15 is 0 Å². The molecule has 1 aromatic carbocycles. The largest absolute Gasteiger partial charge is 0.325 e. The summed E-state index contributed by atoms with van der Waals surface area (Å²) in [6.45, 7) is 6.03. The number of H-pyrrole nitrogens is 1. The third kappa shape index (κ3) is 3.81. The molecule has 2 atom stereocenters. The van der Waals surface area contributed by atoms with Crippen molar-refractivity contribution >= 4 is 23.5 Å². The van der Waals surface area contributed by atoms with Gasteiger partial charge < -0.3 is 10.6 Å². The Morgan fingerprint density at radius 2 is 2.07 bits per heavy atom. The van der Waals surface area contributed by atoms with Crippen LogP contribution in [0.1, 0.15) is 40.0 Å². The molecule has 8 heteroatoms. The number of aromatic amines is 1. The van der Waals surface area contributed by atoms with Gasteiger partial charge in [-0.05, 0) is 48.8 Å². The summed E-state index contributed by atoms with van der Waals surface area (Å²) in [7, 11) is 0. The molecule has 2 heterocycles. The smallest absolute Gasteiger partial charge is 0.325 e. The zero-order valence-corrected chi connectivity index (χ0v) is 17.5. The van der Waals surface area contributed by atoms with Crippen LogP contribution in [0, 0.1) is 11.3 Å². The van der Waals surface area contributed by atoms with Gasteiger partial charge >= 0.3 is 6.03 Å². The van der Waals surface area contributed by atoms with Crippen molar-refractivity contribution in [3.63, 3.8) is 0 Å². The first kappa shape index (κ1) is 20.1. The summed E-state index contributed by atoms with van der Waals surface area (Å²) in [5.74, 6) is -0.397. The highest BCUT2D eigenvalue weighted by atomic mass is 16.2. The molecule has 4 amide bonds. The van der Waals surface area contributed by atoms with E-state index in [1.54, 1.807) is 12.3 Å². The normalized spacial score (nSPS) is 25.4. The topological polar surface area (TPSA) is 107 Å². The molecule has 158 valence electrons. The third-order valence-electron chi connectivity index (χ3n) is 5.88. The van der Waals surface area contributed by atoms with Crippen LogP contribution < -0.4 is 10.6 Å². The van der Waals surface area contributed by atoms with Crippen molar-refractivity contribution in [2.75, 3.05) is 11.9 Å². The Balaban J connectivity index is 1.46. The highest BCUT2D eigenvalue weighted by molar-refractivity contribution is 6.10. The van der Waals surface area contributed by atoms with E-state index in [9.17, 15) is 14.4 Å². The lowest BCUT2D eigenvalue weighted by molar-refractivity contribution is -0.136. The van der Waals surface area contributed by atoms with Gasteiger partial charge in [-0.3, -0.25) is 19.6 Å². The Hall–Kier alpha value is -3.16. The minimum atomic E-state index is -0.904. The van der Waals surface area contributed by atoms with E-state index in [2.05, 4.69) is 41.6 Å². The number of rotatable bonds is 4. The van der Waals surface area contributed by atoms with E-state index in [1.807, 2.05) is 24.3 Å². The molecule has 0 bridgehead atoms. The van der Waals surface area contributed by atoms with Gasteiger partial charge in [-0.1, -0.05) is 32.9 Å². The fourth-order valence-electron chi connectivity index (χ4n) is 5.17. The standard InChI is InChI=1S/C22H27N5O3/c1-14-10-21(2,3)13-22(11-14)19(29)27(20(30)25-22)12-18(28)24-16-6-4-5-15(9-16)17-7-8-23-26-17/h4-9,14H,10-13H2,1-3H3,(H,23,26)(H,24,28)(H,25,30)/t14-,22-/m1/s1. The molecular weight excluding hydrogens is 382 g/mol. The summed E-state index contributed by atoms with van der Waals surface area (Å²) in [4.78, 5) is 39.4. The number of benzene rings is 1. The van der Waals surface area contributed by atoms with Gasteiger partial charge in [-0.2, -0.15) is 5.10 Å². The molecule has 0 unspecified atom stereocenters. The molecule has 0 radical (unpaired) electrons. The molecular formula is C22H27N5O3. The van der Waals surface area contributed by atoms with E-state index in [1.165, 1.54) is 0 Å². The number of anilines is 1. The average molecular weight is 409 g/mol. The Bertz CT molecular complexity index is 984. The monoisotopic (exact) mass is 409 g/mol. The van der Waals surface area contributed by atoms with Crippen LogP contribution >= 0.6 is 0 Å². The van der Waals surface area contributed by atoms with Gasteiger partial charge in [0.2, 0.25) is 5.91 Å². The molecule has 1 saturated carbocycles. The Morgan fingerprint density at radius 1 is 1.27 bits per heavy atom. The number of hydrogen-bond acceptors (Lipinski definition) is 4. The molecule has 2 aliphatic rings. The van der Waals surface area contributed by atoms with Gasteiger partial charge in [-0.25, -0.2) is 4.79 Å². The molecule has 2 aromatic rings. The van der Waals surface area contributed by atoms with E-state index in [0.29, 0.717) is 24.4 Å². The van der Waals surface area contributed by atoms with E-state index in [0.717, 1.165) is 22.6 Å². The first-order valence-corrected chi connectivity index (χ1v) is 10.2. The van der Waals surface area contributed by atoms with Crippen molar-refractivity contribution < 1.29 is 14.4 Å². The molecule has 1 saturated heterocycles. The number of aromatic nitrogens is 2. The number of nitrogens with zero attached hydrogens (tertiary/aromatic N) is 2. The second-order valence-electron chi connectivity index (χ2n) is 9.36. The van der Waals surface area contributed by atoms with Gasteiger partial charge in [0.05, 0.1) is 5.69 Å². The van der Waals surface area contributed by atoms with Gasteiger partial charge in [0.15, 0.2) is 0 Å². The highest BCUT2D eigenvalue weighted by Gasteiger charge is 2.56. The number of carbonyl (C=O) groups excluding carboxylic acids is 3. The first-order chi connectivity index (χ1) is 14.2. The van der Waals surface area contributed by atoms with Crippen LogP contribution in [0.5, 0.6) is 0 Å². The van der Waals surface area contributed by atoms with E-state index < -0.39 is 17.5 Å². The Labute approximate surface area is 175 Å². The fraction of sp³-hybridized carbons (Fsp3) is 0.455. The van der Waals surface area contributed by atoms with Gasteiger partial charge in [0.25, 0.3) is 5.91 Å². The number of urea groups is 1. The van der Waals surface area contributed by atoms with Crippen LogP contribution in [-0.2, 0) is 9.59 Å². The lowest BCUT2D eigenvalue weighted by Gasteiger charge is -2.43. The molecule has 4 rings (SSSR count). The van der Waals surface area contributed by atoms with Gasteiger partial charge in [0, 0.05) is 17.4 Å². The molecule has 1 spiro atoms. The maximum atomic E-state index is 13.2. The van der Waals surface area contributed by atoms with Crippen LogP contribution in [0.2, 0.25) is 0 Å². The van der Waals surface area contributed by atoms with Crippen molar-refractivity contribution in [3.05, 3.63) is 36.5 Å². The van der Waals surface area contributed by atoms with Crippen molar-refractivity contribution in [2.24, 2.45) is 11.3 Å². The molecule has 3 N–H and O–H groups in total. The molecule has 8 nitrogen and oxygen atoms in total. The van der Waals surface area contributed by atoms with E-state index in [-0.39, 0.29) is 17.9 Å². The summed E-state index contributed by atoms with van der Waals surface area (Å²) in [6, 6.07) is 8.63. The van der Waals surface area contributed by atoms with Crippen LogP contribution in [0.25, 0.3) is 11.3 Å². The summed E-state index contributed by atoms with van der Waals surface area (Å²) >= 11 is 0. The molecule has 2 fully saturated rings. The number of hydrogen-bond donors (Lipinski definition) is 3. The van der Waals surface area contributed by atoms with Crippen LogP contribution in [0.3, 0.4) is 0 Å². The lowest BCUT2D eigenvalue weighted by atomic mass is 9.64. The minimum absolute atomic E-state index is 0.0496. The van der Waals surface area contributed by atoms with Crippen LogP contribution in [0.4, 0.5) is 10.5 Å². The Kier molecular flexibility index (Phi) is 4.88. The summed E-state index contributed by atoms with van der Waals surface area (Å²) in [5.41, 5.74) is 1.33. The summed E-state index contributed by atoms with van der Waals surface area (Å²) < 4.78 is 0. The van der Waals surface area contributed by atoms with Crippen molar-refractivity contribution in [1.29, 1.82) is 0 Å². The lowest BCUT2D eigenvalue weighted by Crippen LogP contribution is -2.54. The summed E-state index contributed by atoms with van der Waals surface area (Å²) in [5, 5.41) is 12.5. The Morgan fingerprint density at radius 3 is 2.77 bits per heavy atom. The minimum Gasteiger partial charge on any atom is -0.325 e. The van der Waals surface area contributed by atoms with Crippen molar-refractivity contribution in [1.82, 2.24) is 20.4 Å². The number of nitrogens with one attached hydrogen (secondary N) is 3.